The van der Waals surface area contributed by atoms with Crippen LogP contribution in [0.5, 0.6) is 0 Å². The fourth-order valence-electron chi connectivity index (χ4n) is 0.555. The molecule has 0 radical (unpaired) electrons. The molecule has 0 aromatic carbocycles. The molecule has 0 atom stereocenters. The van der Waals surface area contributed by atoms with Gasteiger partial charge in [0, 0.05) is 5.56 Å². The predicted molar refractivity (Wildman–Crippen MR) is 32.0 cm³/mol. The van der Waals surface area contributed by atoms with Crippen LogP contribution in [0.3, 0.4) is 0 Å². The Morgan fingerprint density at radius 2 is 2.56 bits per heavy atom. The Kier molecular flexibility index (Phi) is 1.58. The lowest BCUT2D eigenvalue weighted by Gasteiger charge is -1.87. The van der Waals surface area contributed by atoms with Gasteiger partial charge in [0.05, 0.1) is 6.20 Å². The first-order valence-electron chi connectivity index (χ1n) is 2.74. The number of aryl methyl sites for hydroxylation is 1. The normalized spacial score (nSPS) is 9.44. The zero-order chi connectivity index (χ0) is 6.69. The molecule has 48 valence electrons. The summed E-state index contributed by atoms with van der Waals surface area (Å²) in [5.74, 6) is 0. The molecule has 0 saturated heterocycles. The van der Waals surface area contributed by atoms with E-state index in [9.17, 15) is 4.79 Å². The average Bonchev–Trinajstić information content (AvgIpc) is 1.89. The van der Waals surface area contributed by atoms with Gasteiger partial charge in [0.25, 0.3) is 5.56 Å². The number of nitrogens with zero attached hydrogens (tertiary/aromatic N) is 2. The van der Waals surface area contributed by atoms with E-state index in [2.05, 4.69) is 15.4 Å². The van der Waals surface area contributed by atoms with E-state index in [-0.39, 0.29) is 5.56 Å². The van der Waals surface area contributed by atoms with Gasteiger partial charge in [-0.3, -0.25) is 4.79 Å². The molecule has 1 heterocycles. The third-order valence-electron chi connectivity index (χ3n) is 1.10. The fourth-order valence-corrected chi connectivity index (χ4v) is 0.555. The lowest BCUT2D eigenvalue weighted by molar-refractivity contribution is 0.813. The molecule has 0 aliphatic carbocycles. The van der Waals surface area contributed by atoms with E-state index in [4.69, 9.17) is 0 Å². The number of hydrogen-bond acceptors (Lipinski definition) is 3. The Balaban J connectivity index is 3.16. The summed E-state index contributed by atoms with van der Waals surface area (Å²) in [6.45, 7) is 1.90. The average molecular weight is 125 g/mol. The summed E-state index contributed by atoms with van der Waals surface area (Å²) in [7, 11) is 0. The SMILES string of the molecule is CCc1cnn[nH]c1=O. The van der Waals surface area contributed by atoms with Crippen molar-refractivity contribution in [2.24, 2.45) is 0 Å². The van der Waals surface area contributed by atoms with Crippen molar-refractivity contribution in [3.8, 4) is 0 Å². The van der Waals surface area contributed by atoms with Gasteiger partial charge in [0.1, 0.15) is 0 Å². The van der Waals surface area contributed by atoms with Crippen LogP contribution in [0.25, 0.3) is 0 Å². The quantitative estimate of drug-likeness (QED) is 0.562. The van der Waals surface area contributed by atoms with Gasteiger partial charge in [0.15, 0.2) is 0 Å². The van der Waals surface area contributed by atoms with E-state index in [0.29, 0.717) is 12.0 Å². The van der Waals surface area contributed by atoms with E-state index >= 15 is 0 Å². The van der Waals surface area contributed by atoms with Crippen molar-refractivity contribution in [1.82, 2.24) is 15.4 Å². The first-order chi connectivity index (χ1) is 4.34. The van der Waals surface area contributed by atoms with E-state index in [1.807, 2.05) is 6.92 Å². The molecular weight excluding hydrogens is 118 g/mol. The van der Waals surface area contributed by atoms with E-state index < -0.39 is 0 Å². The highest BCUT2D eigenvalue weighted by molar-refractivity contribution is 4.99. The minimum absolute atomic E-state index is 0.146. The van der Waals surface area contributed by atoms with Crippen LogP contribution >= 0.6 is 0 Å². The van der Waals surface area contributed by atoms with Crippen LogP contribution in [0.4, 0.5) is 0 Å². The van der Waals surface area contributed by atoms with Crippen LogP contribution in [-0.4, -0.2) is 15.4 Å². The highest BCUT2D eigenvalue weighted by Gasteiger charge is 1.92. The lowest BCUT2D eigenvalue weighted by Crippen LogP contribution is -2.13. The molecule has 0 spiro atoms. The number of H-pyrrole nitrogens is 1. The Bertz CT molecular complexity index is 242. The summed E-state index contributed by atoms with van der Waals surface area (Å²) < 4.78 is 0. The highest BCUT2D eigenvalue weighted by atomic mass is 16.1. The molecule has 1 aromatic heterocycles. The smallest absolute Gasteiger partial charge is 0.268 e. The highest BCUT2D eigenvalue weighted by Crippen LogP contribution is 1.82. The molecule has 0 aliphatic rings. The molecule has 1 rings (SSSR count). The van der Waals surface area contributed by atoms with Crippen molar-refractivity contribution in [2.75, 3.05) is 0 Å². The zero-order valence-electron chi connectivity index (χ0n) is 5.09. The van der Waals surface area contributed by atoms with Crippen LogP contribution in [0, 0.1) is 0 Å². The third kappa shape index (κ3) is 1.13. The van der Waals surface area contributed by atoms with Gasteiger partial charge >= 0.3 is 0 Å². The number of rotatable bonds is 1. The van der Waals surface area contributed by atoms with Gasteiger partial charge in [-0.25, -0.2) is 5.10 Å². The van der Waals surface area contributed by atoms with Crippen molar-refractivity contribution in [1.29, 1.82) is 0 Å². The molecule has 4 nitrogen and oxygen atoms in total. The molecule has 0 bridgehead atoms. The summed E-state index contributed by atoms with van der Waals surface area (Å²) in [5, 5.41) is 9.05. The number of aromatic nitrogens is 3. The van der Waals surface area contributed by atoms with Crippen LogP contribution in [-0.2, 0) is 6.42 Å². The summed E-state index contributed by atoms with van der Waals surface area (Å²) >= 11 is 0. The fraction of sp³-hybridized carbons (Fsp3) is 0.400. The van der Waals surface area contributed by atoms with Crippen LogP contribution in [0.15, 0.2) is 11.0 Å². The molecule has 1 aromatic rings. The van der Waals surface area contributed by atoms with Crippen LogP contribution in [0.2, 0.25) is 0 Å². The first-order valence-corrected chi connectivity index (χ1v) is 2.74. The second kappa shape index (κ2) is 2.39. The Morgan fingerprint density at radius 1 is 1.78 bits per heavy atom. The monoisotopic (exact) mass is 125 g/mol. The van der Waals surface area contributed by atoms with Gasteiger partial charge in [-0.1, -0.05) is 12.1 Å². The van der Waals surface area contributed by atoms with Gasteiger partial charge < -0.3 is 0 Å². The maximum absolute atomic E-state index is 10.7. The first kappa shape index (κ1) is 5.94. The Hall–Kier alpha value is -1.19. The summed E-state index contributed by atoms with van der Waals surface area (Å²) in [6.07, 6.45) is 2.17. The minimum Gasteiger partial charge on any atom is -0.268 e. The van der Waals surface area contributed by atoms with Gasteiger partial charge in [-0.2, -0.15) is 0 Å². The van der Waals surface area contributed by atoms with E-state index in [0.717, 1.165) is 0 Å². The van der Waals surface area contributed by atoms with E-state index in [1.165, 1.54) is 6.20 Å². The van der Waals surface area contributed by atoms with Gasteiger partial charge in [0.2, 0.25) is 0 Å². The Labute approximate surface area is 51.9 Å². The topological polar surface area (TPSA) is 58.6 Å². The summed E-state index contributed by atoms with van der Waals surface area (Å²) in [4.78, 5) is 10.7. The third-order valence-corrected chi connectivity index (χ3v) is 1.10. The predicted octanol–water partition coefficient (Wildman–Crippen LogP) is -0.273. The number of hydrogen-bond donors (Lipinski definition) is 1. The number of nitrogens with one attached hydrogen (secondary N) is 1. The Morgan fingerprint density at radius 3 is 3.00 bits per heavy atom. The molecule has 1 N–H and O–H groups in total. The standard InChI is InChI=1S/C5H7N3O/c1-2-4-3-6-8-7-5(4)9/h3H,2H2,1H3,(H,6,7,9). The summed E-state index contributed by atoms with van der Waals surface area (Å²) in [6, 6.07) is 0. The maximum atomic E-state index is 10.7. The molecule has 0 saturated carbocycles. The largest absolute Gasteiger partial charge is 0.270 e. The molecule has 9 heavy (non-hydrogen) atoms. The second-order valence-electron chi connectivity index (χ2n) is 1.66. The summed E-state index contributed by atoms with van der Waals surface area (Å²) in [5.41, 5.74) is 0.525. The molecule has 0 fully saturated rings. The van der Waals surface area contributed by atoms with Crippen LogP contribution in [0.1, 0.15) is 12.5 Å². The lowest BCUT2D eigenvalue weighted by atomic mass is 10.3. The molecular formula is C5H7N3O. The minimum atomic E-state index is -0.146. The molecule has 0 aliphatic heterocycles. The van der Waals surface area contributed by atoms with Crippen molar-refractivity contribution in [2.45, 2.75) is 13.3 Å². The second-order valence-corrected chi connectivity index (χ2v) is 1.66. The van der Waals surface area contributed by atoms with Gasteiger partial charge in [-0.15, -0.1) is 5.10 Å². The van der Waals surface area contributed by atoms with Crippen molar-refractivity contribution >= 4 is 0 Å². The van der Waals surface area contributed by atoms with Crippen molar-refractivity contribution < 1.29 is 0 Å². The van der Waals surface area contributed by atoms with E-state index in [1.54, 1.807) is 0 Å². The van der Waals surface area contributed by atoms with Gasteiger partial charge in [-0.05, 0) is 6.42 Å². The maximum Gasteiger partial charge on any atom is 0.270 e. The van der Waals surface area contributed by atoms with Crippen molar-refractivity contribution in [3.63, 3.8) is 0 Å². The van der Waals surface area contributed by atoms with Crippen LogP contribution < -0.4 is 5.56 Å². The van der Waals surface area contributed by atoms with Crippen molar-refractivity contribution in [3.05, 3.63) is 22.1 Å². The molecule has 4 heteroatoms. The zero-order valence-corrected chi connectivity index (χ0v) is 5.09. The molecule has 0 unspecified atom stereocenters. The number of aromatic amines is 1. The molecule has 0 amide bonds.